The molecule has 0 saturated heterocycles. The molecule has 0 aliphatic carbocycles. The van der Waals surface area contributed by atoms with Gasteiger partial charge in [0.25, 0.3) is 0 Å². The van der Waals surface area contributed by atoms with Crippen LogP contribution in [0.3, 0.4) is 0 Å². The zero-order valence-electron chi connectivity index (χ0n) is 9.73. The Bertz CT molecular complexity index is 555. The molecule has 0 bridgehead atoms. The summed E-state index contributed by atoms with van der Waals surface area (Å²) < 4.78 is 19.5. The minimum absolute atomic E-state index is 0.372. The minimum Gasteiger partial charge on any atom is -0.456 e. The number of ether oxygens (including phenoxy) is 1. The molecule has 0 aliphatic heterocycles. The Kier molecular flexibility index (Phi) is 3.99. The molecule has 0 spiro atoms. The Morgan fingerprint density at radius 3 is 2.61 bits per heavy atom. The van der Waals surface area contributed by atoms with Crippen molar-refractivity contribution in [3.05, 3.63) is 58.3 Å². The van der Waals surface area contributed by atoms with Crippen LogP contribution in [-0.4, -0.2) is 5.11 Å². The number of halogens is 2. The SMILES string of the molecule is CC(O)c1ccccc1Oc1cc(F)ccc1Br. The van der Waals surface area contributed by atoms with Crippen LogP contribution in [0.25, 0.3) is 0 Å². The van der Waals surface area contributed by atoms with Crippen LogP contribution < -0.4 is 4.74 Å². The van der Waals surface area contributed by atoms with Crippen LogP contribution in [0.2, 0.25) is 0 Å². The van der Waals surface area contributed by atoms with Crippen LogP contribution in [0.15, 0.2) is 46.9 Å². The van der Waals surface area contributed by atoms with Gasteiger partial charge in [0, 0.05) is 11.6 Å². The van der Waals surface area contributed by atoms with Crippen molar-refractivity contribution < 1.29 is 14.2 Å². The van der Waals surface area contributed by atoms with Gasteiger partial charge in [-0.15, -0.1) is 0 Å². The molecule has 0 saturated carbocycles. The standard InChI is InChI=1S/C14H12BrFO2/c1-9(17)11-4-2-3-5-13(11)18-14-8-10(16)6-7-12(14)15/h2-9,17H,1H3. The molecule has 2 rings (SSSR count). The molecule has 0 aromatic heterocycles. The molecule has 18 heavy (non-hydrogen) atoms. The zero-order chi connectivity index (χ0) is 13.1. The molecule has 0 radical (unpaired) electrons. The maximum atomic E-state index is 13.2. The number of rotatable bonds is 3. The Morgan fingerprint density at radius 1 is 1.17 bits per heavy atom. The summed E-state index contributed by atoms with van der Waals surface area (Å²) in [6, 6.07) is 11.3. The van der Waals surface area contributed by atoms with E-state index in [1.165, 1.54) is 12.1 Å². The molecule has 2 aromatic rings. The Labute approximate surface area is 113 Å². The summed E-state index contributed by atoms with van der Waals surface area (Å²) in [4.78, 5) is 0. The van der Waals surface area contributed by atoms with Gasteiger partial charge in [0.05, 0.1) is 10.6 Å². The first-order chi connectivity index (χ1) is 8.58. The quantitative estimate of drug-likeness (QED) is 0.908. The molecule has 1 N–H and O–H groups in total. The van der Waals surface area contributed by atoms with Crippen LogP contribution >= 0.6 is 15.9 Å². The highest BCUT2D eigenvalue weighted by atomic mass is 79.9. The number of hydrogen-bond donors (Lipinski definition) is 1. The summed E-state index contributed by atoms with van der Waals surface area (Å²) in [7, 11) is 0. The molecule has 4 heteroatoms. The van der Waals surface area contributed by atoms with Crippen molar-refractivity contribution in [2.45, 2.75) is 13.0 Å². The maximum absolute atomic E-state index is 13.2. The first-order valence-electron chi connectivity index (χ1n) is 5.48. The third kappa shape index (κ3) is 2.89. The second kappa shape index (κ2) is 5.50. The van der Waals surface area contributed by atoms with Crippen LogP contribution in [0.4, 0.5) is 4.39 Å². The number of aliphatic hydroxyl groups is 1. The fourth-order valence-electron chi connectivity index (χ4n) is 1.59. The highest BCUT2D eigenvalue weighted by Gasteiger charge is 2.11. The van der Waals surface area contributed by atoms with Gasteiger partial charge < -0.3 is 9.84 Å². The van der Waals surface area contributed by atoms with Crippen molar-refractivity contribution >= 4 is 15.9 Å². The van der Waals surface area contributed by atoms with Gasteiger partial charge >= 0.3 is 0 Å². The first-order valence-corrected chi connectivity index (χ1v) is 6.27. The summed E-state index contributed by atoms with van der Waals surface area (Å²) >= 11 is 3.30. The van der Waals surface area contributed by atoms with E-state index < -0.39 is 6.10 Å². The van der Waals surface area contributed by atoms with E-state index in [0.717, 1.165) is 0 Å². The van der Waals surface area contributed by atoms with Gasteiger partial charge in [-0.3, -0.25) is 0 Å². The van der Waals surface area contributed by atoms with Crippen LogP contribution in [0.5, 0.6) is 11.5 Å². The van der Waals surface area contributed by atoms with Gasteiger partial charge in [0.1, 0.15) is 17.3 Å². The van der Waals surface area contributed by atoms with Crippen molar-refractivity contribution in [1.29, 1.82) is 0 Å². The predicted molar refractivity (Wildman–Crippen MR) is 71.2 cm³/mol. The minimum atomic E-state index is -0.645. The fourth-order valence-corrected chi connectivity index (χ4v) is 1.92. The Balaban J connectivity index is 2.37. The lowest BCUT2D eigenvalue weighted by Gasteiger charge is -2.13. The van der Waals surface area contributed by atoms with Crippen molar-refractivity contribution in [2.75, 3.05) is 0 Å². The molecule has 1 atom stereocenters. The van der Waals surface area contributed by atoms with Gasteiger partial charge in [-0.05, 0) is 41.1 Å². The maximum Gasteiger partial charge on any atom is 0.144 e. The smallest absolute Gasteiger partial charge is 0.144 e. The lowest BCUT2D eigenvalue weighted by Crippen LogP contribution is -1.96. The second-order valence-corrected chi connectivity index (χ2v) is 4.74. The lowest BCUT2D eigenvalue weighted by atomic mass is 10.1. The summed E-state index contributed by atoms with van der Waals surface area (Å²) in [6.45, 7) is 1.66. The normalized spacial score (nSPS) is 12.2. The van der Waals surface area contributed by atoms with E-state index in [1.807, 2.05) is 6.07 Å². The number of aliphatic hydroxyl groups excluding tert-OH is 1. The predicted octanol–water partition coefficient (Wildman–Crippen LogP) is 4.43. The monoisotopic (exact) mass is 310 g/mol. The van der Waals surface area contributed by atoms with Crippen LogP contribution in [0.1, 0.15) is 18.6 Å². The lowest BCUT2D eigenvalue weighted by molar-refractivity contribution is 0.195. The van der Waals surface area contributed by atoms with E-state index in [4.69, 9.17) is 4.74 Å². The molecule has 94 valence electrons. The van der Waals surface area contributed by atoms with Crippen LogP contribution in [0, 0.1) is 5.82 Å². The Hall–Kier alpha value is -1.39. The summed E-state index contributed by atoms with van der Waals surface area (Å²) in [5.41, 5.74) is 0.661. The van der Waals surface area contributed by atoms with E-state index >= 15 is 0 Å². The number of para-hydroxylation sites is 1. The molecule has 0 fully saturated rings. The van der Waals surface area contributed by atoms with E-state index in [0.29, 0.717) is 21.5 Å². The third-order valence-corrected chi connectivity index (χ3v) is 3.14. The van der Waals surface area contributed by atoms with E-state index in [-0.39, 0.29) is 5.82 Å². The van der Waals surface area contributed by atoms with Gasteiger partial charge in [-0.1, -0.05) is 18.2 Å². The molecule has 1 unspecified atom stereocenters. The molecule has 2 aromatic carbocycles. The largest absolute Gasteiger partial charge is 0.456 e. The summed E-state index contributed by atoms with van der Waals surface area (Å²) in [5.74, 6) is 0.518. The van der Waals surface area contributed by atoms with E-state index in [1.54, 1.807) is 31.2 Å². The summed E-state index contributed by atoms with van der Waals surface area (Å²) in [6.07, 6.45) is -0.645. The van der Waals surface area contributed by atoms with E-state index in [9.17, 15) is 9.50 Å². The van der Waals surface area contributed by atoms with E-state index in [2.05, 4.69) is 15.9 Å². The highest BCUT2D eigenvalue weighted by molar-refractivity contribution is 9.10. The van der Waals surface area contributed by atoms with Gasteiger partial charge in [-0.2, -0.15) is 0 Å². The molecule has 0 amide bonds. The third-order valence-electron chi connectivity index (χ3n) is 2.48. The van der Waals surface area contributed by atoms with Gasteiger partial charge in [0.2, 0.25) is 0 Å². The highest BCUT2D eigenvalue weighted by Crippen LogP contribution is 2.33. The number of benzene rings is 2. The molecule has 0 aliphatic rings. The van der Waals surface area contributed by atoms with Crippen molar-refractivity contribution in [3.63, 3.8) is 0 Å². The van der Waals surface area contributed by atoms with Gasteiger partial charge in [-0.25, -0.2) is 4.39 Å². The molecular weight excluding hydrogens is 299 g/mol. The molecule has 2 nitrogen and oxygen atoms in total. The Morgan fingerprint density at radius 2 is 1.89 bits per heavy atom. The average Bonchev–Trinajstić information content (AvgIpc) is 2.34. The van der Waals surface area contributed by atoms with Crippen molar-refractivity contribution in [1.82, 2.24) is 0 Å². The number of hydrogen-bond acceptors (Lipinski definition) is 2. The zero-order valence-corrected chi connectivity index (χ0v) is 11.3. The topological polar surface area (TPSA) is 29.5 Å². The first kappa shape index (κ1) is 13.1. The van der Waals surface area contributed by atoms with Gasteiger partial charge in [0.15, 0.2) is 0 Å². The summed E-state index contributed by atoms with van der Waals surface area (Å²) in [5, 5.41) is 9.64. The fraction of sp³-hybridized carbons (Fsp3) is 0.143. The van der Waals surface area contributed by atoms with Crippen molar-refractivity contribution in [2.24, 2.45) is 0 Å². The molecule has 0 heterocycles. The average molecular weight is 311 g/mol. The van der Waals surface area contributed by atoms with Crippen molar-refractivity contribution in [3.8, 4) is 11.5 Å². The second-order valence-electron chi connectivity index (χ2n) is 3.89. The van der Waals surface area contributed by atoms with Crippen LogP contribution in [-0.2, 0) is 0 Å². The molecular formula is C14H12BrFO2.